The van der Waals surface area contributed by atoms with Crippen LogP contribution in [0, 0.1) is 0 Å². The molecule has 0 aliphatic rings. The summed E-state index contributed by atoms with van der Waals surface area (Å²) >= 11 is 0. The topological polar surface area (TPSA) is 66.8 Å². The van der Waals surface area contributed by atoms with Gasteiger partial charge in [-0.15, -0.1) is 0 Å². The molecule has 0 rings (SSSR count). The molecule has 2 N–H and O–H groups in total. The average Bonchev–Trinajstić information content (AvgIpc) is 1.90. The van der Waals surface area contributed by atoms with Crippen molar-refractivity contribution in [1.29, 1.82) is 0 Å². The molecule has 4 heteroatoms. The van der Waals surface area contributed by atoms with E-state index in [0.717, 1.165) is 0 Å². The fourth-order valence-corrected chi connectivity index (χ4v) is 0.550. The van der Waals surface area contributed by atoms with E-state index in [-0.39, 0.29) is 0 Å². The zero-order chi connectivity index (χ0) is 8.15. The van der Waals surface area contributed by atoms with E-state index in [1.165, 1.54) is 14.0 Å². The van der Waals surface area contributed by atoms with Gasteiger partial charge in [0.15, 0.2) is 6.29 Å². The van der Waals surface area contributed by atoms with Gasteiger partial charge < -0.3 is 19.7 Å². The lowest BCUT2D eigenvalue weighted by Crippen LogP contribution is -2.37. The molecule has 60 valence electrons. The van der Waals surface area contributed by atoms with Crippen LogP contribution in [-0.4, -0.2) is 41.9 Å². The van der Waals surface area contributed by atoms with Crippen LogP contribution in [-0.2, 0) is 9.53 Å². The second kappa shape index (κ2) is 4.38. The maximum Gasteiger partial charge on any atom is 0.151 e. The standard InChI is InChI=1S/C6H12O4/c1-4(8)6(9)5(3-7)10-2/h3-6,8-9H,1-2H3/t4-,5+,6-/m1/s1. The number of aliphatic hydroxyl groups excluding tert-OH is 2. The Morgan fingerprint density at radius 3 is 2.10 bits per heavy atom. The van der Waals surface area contributed by atoms with Crippen LogP contribution in [0.5, 0.6) is 0 Å². The molecule has 0 aliphatic heterocycles. The highest BCUT2D eigenvalue weighted by Crippen LogP contribution is 1.99. The number of hydrogen-bond acceptors (Lipinski definition) is 4. The number of ether oxygens (including phenoxy) is 1. The Kier molecular flexibility index (Phi) is 4.18. The zero-order valence-electron chi connectivity index (χ0n) is 6.02. The van der Waals surface area contributed by atoms with Crippen molar-refractivity contribution in [3.63, 3.8) is 0 Å². The van der Waals surface area contributed by atoms with Crippen LogP contribution < -0.4 is 0 Å². The molecule has 0 fully saturated rings. The number of aldehydes is 1. The molecule has 0 bridgehead atoms. The first-order valence-corrected chi connectivity index (χ1v) is 2.97. The number of hydrogen-bond donors (Lipinski definition) is 2. The van der Waals surface area contributed by atoms with Crippen molar-refractivity contribution in [2.75, 3.05) is 7.11 Å². The van der Waals surface area contributed by atoms with Crippen molar-refractivity contribution < 1.29 is 19.7 Å². The minimum atomic E-state index is -1.14. The number of carbonyl (C=O) groups excluding carboxylic acids is 1. The van der Waals surface area contributed by atoms with Crippen LogP contribution in [0.4, 0.5) is 0 Å². The Labute approximate surface area is 59.4 Å². The van der Waals surface area contributed by atoms with Gasteiger partial charge in [-0.2, -0.15) is 0 Å². The minimum absolute atomic E-state index is 0.456. The summed E-state index contributed by atoms with van der Waals surface area (Å²) in [5, 5.41) is 17.7. The number of rotatable bonds is 4. The lowest BCUT2D eigenvalue weighted by atomic mass is 10.1. The molecular formula is C6H12O4. The SMILES string of the molecule is CO[C@@H](C=O)[C@H](O)[C@@H](C)O. The molecule has 0 aliphatic carbocycles. The molecule has 0 saturated heterocycles. The van der Waals surface area contributed by atoms with Crippen LogP contribution in [0.2, 0.25) is 0 Å². The van der Waals surface area contributed by atoms with E-state index in [2.05, 4.69) is 4.74 Å². The summed E-state index contributed by atoms with van der Waals surface area (Å²) in [7, 11) is 1.30. The Hall–Kier alpha value is -0.450. The van der Waals surface area contributed by atoms with Gasteiger partial charge in [-0.25, -0.2) is 0 Å². The average molecular weight is 148 g/mol. The molecule has 0 radical (unpaired) electrons. The van der Waals surface area contributed by atoms with Gasteiger partial charge in [0.25, 0.3) is 0 Å². The van der Waals surface area contributed by atoms with Gasteiger partial charge in [0, 0.05) is 7.11 Å². The molecule has 0 unspecified atom stereocenters. The summed E-state index contributed by atoms with van der Waals surface area (Å²) in [5.41, 5.74) is 0. The van der Waals surface area contributed by atoms with Crippen molar-refractivity contribution in [3.8, 4) is 0 Å². The van der Waals surface area contributed by atoms with Gasteiger partial charge in [-0.05, 0) is 6.92 Å². The Morgan fingerprint density at radius 1 is 1.50 bits per heavy atom. The molecule has 0 aromatic heterocycles. The highest BCUT2D eigenvalue weighted by atomic mass is 16.5. The molecule has 0 aromatic rings. The first-order chi connectivity index (χ1) is 4.63. The monoisotopic (exact) mass is 148 g/mol. The number of methoxy groups -OCH3 is 1. The fourth-order valence-electron chi connectivity index (χ4n) is 0.550. The first kappa shape index (κ1) is 9.55. The van der Waals surface area contributed by atoms with Crippen LogP contribution >= 0.6 is 0 Å². The third kappa shape index (κ3) is 2.43. The Balaban J connectivity index is 3.87. The van der Waals surface area contributed by atoms with E-state index < -0.39 is 18.3 Å². The Bertz CT molecular complexity index is 102. The molecule has 0 saturated carbocycles. The van der Waals surface area contributed by atoms with Crippen molar-refractivity contribution in [2.45, 2.75) is 25.2 Å². The summed E-state index contributed by atoms with van der Waals surface area (Å²) in [5.74, 6) is 0. The molecule has 0 spiro atoms. The van der Waals surface area contributed by atoms with Crippen molar-refractivity contribution >= 4 is 6.29 Å². The van der Waals surface area contributed by atoms with Crippen molar-refractivity contribution in [2.24, 2.45) is 0 Å². The van der Waals surface area contributed by atoms with Crippen LogP contribution in [0.25, 0.3) is 0 Å². The molecule has 0 amide bonds. The third-order valence-electron chi connectivity index (χ3n) is 1.24. The predicted molar refractivity (Wildman–Crippen MR) is 34.5 cm³/mol. The van der Waals surface area contributed by atoms with E-state index in [1.807, 2.05) is 0 Å². The van der Waals surface area contributed by atoms with E-state index in [1.54, 1.807) is 0 Å². The fraction of sp³-hybridized carbons (Fsp3) is 0.833. The van der Waals surface area contributed by atoms with E-state index in [4.69, 9.17) is 10.2 Å². The maximum atomic E-state index is 10.1. The quantitative estimate of drug-likeness (QED) is 0.499. The summed E-state index contributed by atoms with van der Waals surface area (Å²) in [4.78, 5) is 10.1. The second-order valence-corrected chi connectivity index (χ2v) is 2.07. The summed E-state index contributed by atoms with van der Waals surface area (Å²) in [6, 6.07) is 0. The van der Waals surface area contributed by atoms with Crippen LogP contribution in [0.1, 0.15) is 6.92 Å². The van der Waals surface area contributed by atoms with Gasteiger partial charge in [-0.3, -0.25) is 0 Å². The predicted octanol–water partition coefficient (Wildman–Crippen LogP) is -1.06. The molecular weight excluding hydrogens is 136 g/mol. The first-order valence-electron chi connectivity index (χ1n) is 2.97. The third-order valence-corrected chi connectivity index (χ3v) is 1.24. The summed E-state index contributed by atoms with van der Waals surface area (Å²) < 4.78 is 4.54. The molecule has 10 heavy (non-hydrogen) atoms. The van der Waals surface area contributed by atoms with Crippen LogP contribution in [0.3, 0.4) is 0 Å². The van der Waals surface area contributed by atoms with Gasteiger partial charge in [0.05, 0.1) is 6.10 Å². The molecule has 4 nitrogen and oxygen atoms in total. The molecule has 0 heterocycles. The molecule has 0 aromatic carbocycles. The highest BCUT2D eigenvalue weighted by Gasteiger charge is 2.21. The van der Waals surface area contributed by atoms with E-state index in [0.29, 0.717) is 6.29 Å². The van der Waals surface area contributed by atoms with Crippen LogP contribution in [0.15, 0.2) is 0 Å². The summed E-state index contributed by atoms with van der Waals surface area (Å²) in [6.45, 7) is 1.39. The van der Waals surface area contributed by atoms with Gasteiger partial charge >= 0.3 is 0 Å². The number of carbonyl (C=O) groups is 1. The highest BCUT2D eigenvalue weighted by molar-refractivity contribution is 5.57. The summed E-state index contributed by atoms with van der Waals surface area (Å²) in [6.07, 6.45) is -2.56. The van der Waals surface area contributed by atoms with Crippen molar-refractivity contribution in [1.82, 2.24) is 0 Å². The van der Waals surface area contributed by atoms with Gasteiger partial charge in [0.1, 0.15) is 12.2 Å². The van der Waals surface area contributed by atoms with Gasteiger partial charge in [-0.1, -0.05) is 0 Å². The minimum Gasteiger partial charge on any atom is -0.391 e. The van der Waals surface area contributed by atoms with E-state index in [9.17, 15) is 4.79 Å². The van der Waals surface area contributed by atoms with Crippen molar-refractivity contribution in [3.05, 3.63) is 0 Å². The zero-order valence-corrected chi connectivity index (χ0v) is 6.02. The van der Waals surface area contributed by atoms with Gasteiger partial charge in [0.2, 0.25) is 0 Å². The lowest BCUT2D eigenvalue weighted by molar-refractivity contribution is -0.128. The Morgan fingerprint density at radius 2 is 2.00 bits per heavy atom. The second-order valence-electron chi connectivity index (χ2n) is 2.07. The van der Waals surface area contributed by atoms with E-state index >= 15 is 0 Å². The largest absolute Gasteiger partial charge is 0.391 e. The maximum absolute atomic E-state index is 10.1. The molecule has 3 atom stereocenters. The number of aliphatic hydroxyl groups is 2. The lowest BCUT2D eigenvalue weighted by Gasteiger charge is -2.17. The smallest absolute Gasteiger partial charge is 0.151 e. The normalized spacial score (nSPS) is 19.6.